The fourth-order valence-electron chi connectivity index (χ4n) is 6.39. The first kappa shape index (κ1) is 25.5. The monoisotopic (exact) mass is 500 g/mol. The number of ether oxygens (including phenoxy) is 1. The number of nitrogens with zero attached hydrogens (tertiary/aromatic N) is 3. The maximum Gasteiger partial charge on any atom is 0.220 e. The highest BCUT2D eigenvalue weighted by Gasteiger charge is 2.27. The number of rotatable bonds is 8. The number of amides is 1. The van der Waals surface area contributed by atoms with Crippen molar-refractivity contribution in [1.82, 2.24) is 15.4 Å². The van der Waals surface area contributed by atoms with Crippen molar-refractivity contribution in [2.75, 3.05) is 44.7 Å². The lowest BCUT2D eigenvalue weighted by molar-refractivity contribution is -0.123. The molecule has 0 unspecified atom stereocenters. The molecular weight excluding hydrogens is 459 g/mol. The van der Waals surface area contributed by atoms with E-state index in [4.69, 9.17) is 9.26 Å². The molecule has 1 saturated heterocycles. The van der Waals surface area contributed by atoms with E-state index in [9.17, 15) is 9.18 Å². The summed E-state index contributed by atoms with van der Waals surface area (Å²) in [6, 6.07) is 4.92. The molecule has 3 aliphatic rings. The van der Waals surface area contributed by atoms with Crippen LogP contribution in [0.15, 0.2) is 22.7 Å². The second kappa shape index (κ2) is 11.9. The molecular formula is C28H41FN4O3. The first-order valence-electron chi connectivity index (χ1n) is 13.9. The lowest BCUT2D eigenvalue weighted by Gasteiger charge is -2.36. The number of hydrogen-bond acceptors (Lipinski definition) is 6. The molecule has 0 atom stereocenters. The Kier molecular flexibility index (Phi) is 8.42. The maximum absolute atomic E-state index is 13.7. The first-order chi connectivity index (χ1) is 17.6. The number of aromatic nitrogens is 1. The number of methoxy groups -OCH3 is 1. The highest BCUT2D eigenvalue weighted by Crippen LogP contribution is 2.31. The summed E-state index contributed by atoms with van der Waals surface area (Å²) in [5, 5.41) is 8.29. The molecule has 2 saturated carbocycles. The number of nitrogens with one attached hydrogen (secondary N) is 1. The minimum absolute atomic E-state index is 0.250. The van der Waals surface area contributed by atoms with Crippen molar-refractivity contribution in [1.29, 1.82) is 0 Å². The van der Waals surface area contributed by atoms with Crippen molar-refractivity contribution >= 4 is 22.7 Å². The molecule has 1 aromatic carbocycles. The number of halogens is 1. The summed E-state index contributed by atoms with van der Waals surface area (Å²) in [5.74, 6) is 2.03. The summed E-state index contributed by atoms with van der Waals surface area (Å²) in [5.41, 5.74) is 0.634. The van der Waals surface area contributed by atoms with Gasteiger partial charge in [0.15, 0.2) is 11.4 Å². The number of anilines is 1. The summed E-state index contributed by atoms with van der Waals surface area (Å²) in [4.78, 5) is 17.3. The number of benzene rings is 1. The van der Waals surface area contributed by atoms with Crippen LogP contribution < -0.4 is 10.2 Å². The van der Waals surface area contributed by atoms with Crippen molar-refractivity contribution in [3.8, 4) is 0 Å². The summed E-state index contributed by atoms with van der Waals surface area (Å²) in [6.07, 6.45) is 11.3. The molecule has 1 amide bonds. The van der Waals surface area contributed by atoms with E-state index in [0.29, 0.717) is 30.1 Å². The van der Waals surface area contributed by atoms with E-state index in [1.807, 2.05) is 0 Å². The second-order valence-electron chi connectivity index (χ2n) is 11.1. The lowest BCUT2D eigenvalue weighted by atomic mass is 9.83. The van der Waals surface area contributed by atoms with E-state index in [0.717, 1.165) is 88.4 Å². The molecule has 7 nitrogen and oxygen atoms in total. The standard InChI is InChI=1S/C28H41FN4O3/c1-35-24-9-4-21(5-10-24)18-27(34)30-23-7-2-20(3-8-23)12-13-32-14-16-33(17-15-32)28-25-19-22(29)6-11-26(25)36-31-28/h6,11,19-21,23-24H,2-5,7-10,12-18H2,1H3,(H,30,34). The summed E-state index contributed by atoms with van der Waals surface area (Å²) in [7, 11) is 1.79. The van der Waals surface area contributed by atoms with Gasteiger partial charge in [-0.1, -0.05) is 5.16 Å². The molecule has 8 heteroatoms. The fourth-order valence-corrected chi connectivity index (χ4v) is 6.39. The Bertz CT molecular complexity index is 990. The molecule has 0 spiro atoms. The van der Waals surface area contributed by atoms with Crippen LogP contribution in [-0.4, -0.2) is 67.9 Å². The Labute approximate surface area is 213 Å². The maximum atomic E-state index is 13.7. The van der Waals surface area contributed by atoms with Crippen LogP contribution in [0.5, 0.6) is 0 Å². The van der Waals surface area contributed by atoms with Gasteiger partial charge < -0.3 is 19.5 Å². The van der Waals surface area contributed by atoms with Gasteiger partial charge in [0.25, 0.3) is 0 Å². The van der Waals surface area contributed by atoms with Gasteiger partial charge in [0.05, 0.1) is 11.5 Å². The zero-order chi connectivity index (χ0) is 24.9. The Morgan fingerprint density at radius 3 is 2.50 bits per heavy atom. The number of carbonyl (C=O) groups excluding carboxylic acids is 1. The molecule has 0 radical (unpaired) electrons. The molecule has 1 N–H and O–H groups in total. The SMILES string of the molecule is COC1CCC(CC(=O)NC2CCC(CCN3CCN(c4noc5ccc(F)cc45)CC3)CC2)CC1. The van der Waals surface area contributed by atoms with Gasteiger partial charge in [0, 0.05) is 45.8 Å². The summed E-state index contributed by atoms with van der Waals surface area (Å²) in [6.45, 7) is 4.85. The van der Waals surface area contributed by atoms with Crippen molar-refractivity contribution in [3.63, 3.8) is 0 Å². The first-order valence-corrected chi connectivity index (χ1v) is 13.9. The smallest absolute Gasteiger partial charge is 0.220 e. The van der Waals surface area contributed by atoms with E-state index >= 15 is 0 Å². The molecule has 0 bridgehead atoms. The Morgan fingerprint density at radius 1 is 1.06 bits per heavy atom. The molecule has 1 aromatic heterocycles. The van der Waals surface area contributed by atoms with Gasteiger partial charge in [-0.25, -0.2) is 4.39 Å². The van der Waals surface area contributed by atoms with E-state index in [2.05, 4.69) is 20.3 Å². The van der Waals surface area contributed by atoms with Gasteiger partial charge in [0.1, 0.15) is 5.82 Å². The van der Waals surface area contributed by atoms with E-state index in [-0.39, 0.29) is 11.7 Å². The van der Waals surface area contributed by atoms with Gasteiger partial charge in [-0.2, -0.15) is 0 Å². The topological polar surface area (TPSA) is 70.8 Å². The number of fused-ring (bicyclic) bond motifs is 1. The summed E-state index contributed by atoms with van der Waals surface area (Å²) >= 11 is 0. The van der Waals surface area contributed by atoms with E-state index in [1.165, 1.54) is 31.4 Å². The minimum Gasteiger partial charge on any atom is -0.381 e. The van der Waals surface area contributed by atoms with Gasteiger partial charge in [-0.15, -0.1) is 0 Å². The molecule has 2 aliphatic carbocycles. The Hall–Kier alpha value is -2.19. The van der Waals surface area contributed by atoms with Gasteiger partial charge >= 0.3 is 0 Å². The Morgan fingerprint density at radius 2 is 1.78 bits per heavy atom. The highest BCUT2D eigenvalue weighted by molar-refractivity contribution is 5.88. The minimum atomic E-state index is -0.260. The molecule has 2 heterocycles. The second-order valence-corrected chi connectivity index (χ2v) is 11.1. The van der Waals surface area contributed by atoms with Crippen LogP contribution in [0.3, 0.4) is 0 Å². The van der Waals surface area contributed by atoms with Gasteiger partial charge in [0.2, 0.25) is 5.91 Å². The van der Waals surface area contributed by atoms with Crippen LogP contribution in [-0.2, 0) is 9.53 Å². The normalized spacial score (nSPS) is 27.9. The largest absolute Gasteiger partial charge is 0.381 e. The number of piperazine rings is 1. The third kappa shape index (κ3) is 6.38. The van der Waals surface area contributed by atoms with Crippen LogP contribution in [0, 0.1) is 17.7 Å². The number of hydrogen-bond donors (Lipinski definition) is 1. The van der Waals surface area contributed by atoms with Crippen molar-refractivity contribution in [2.45, 2.75) is 76.4 Å². The fraction of sp³-hybridized carbons (Fsp3) is 0.714. The van der Waals surface area contributed by atoms with Crippen LogP contribution in [0.4, 0.5) is 10.2 Å². The predicted molar refractivity (Wildman–Crippen MR) is 138 cm³/mol. The molecule has 36 heavy (non-hydrogen) atoms. The molecule has 5 rings (SSSR count). The zero-order valence-electron chi connectivity index (χ0n) is 21.6. The Balaban J connectivity index is 0.976. The third-order valence-electron chi connectivity index (χ3n) is 8.75. The van der Waals surface area contributed by atoms with Crippen LogP contribution in [0.1, 0.15) is 64.2 Å². The average molecular weight is 501 g/mol. The van der Waals surface area contributed by atoms with Crippen molar-refractivity contribution in [3.05, 3.63) is 24.0 Å². The molecule has 2 aromatic rings. The lowest BCUT2D eigenvalue weighted by Crippen LogP contribution is -2.47. The average Bonchev–Trinajstić information content (AvgIpc) is 3.32. The van der Waals surface area contributed by atoms with Crippen molar-refractivity contribution in [2.24, 2.45) is 11.8 Å². The van der Waals surface area contributed by atoms with Crippen molar-refractivity contribution < 1.29 is 18.4 Å². The van der Waals surface area contributed by atoms with Crippen LogP contribution in [0.2, 0.25) is 0 Å². The van der Waals surface area contributed by atoms with Gasteiger partial charge in [-0.05, 0) is 94.4 Å². The van der Waals surface area contributed by atoms with Gasteiger partial charge in [-0.3, -0.25) is 9.69 Å². The molecule has 3 fully saturated rings. The van der Waals surface area contributed by atoms with E-state index < -0.39 is 0 Å². The van der Waals surface area contributed by atoms with E-state index in [1.54, 1.807) is 13.2 Å². The molecule has 1 aliphatic heterocycles. The predicted octanol–water partition coefficient (Wildman–Crippen LogP) is 4.75. The van der Waals surface area contributed by atoms with Crippen LogP contribution >= 0.6 is 0 Å². The highest BCUT2D eigenvalue weighted by atomic mass is 19.1. The third-order valence-corrected chi connectivity index (χ3v) is 8.75. The summed E-state index contributed by atoms with van der Waals surface area (Å²) < 4.78 is 24.5. The quantitative estimate of drug-likeness (QED) is 0.564. The zero-order valence-corrected chi connectivity index (χ0v) is 21.6. The van der Waals surface area contributed by atoms with Crippen LogP contribution in [0.25, 0.3) is 11.0 Å². The molecule has 198 valence electrons. The number of carbonyl (C=O) groups is 1.